The SMILES string of the molecule is COc1ccc(NC(=O)OCC#CCOc2nc(-c3ccncc3)nc(NS(=O)(=O)c3ccc(C(C)C)cn3)c2Oc2ccccc2OC)cc1. The number of carbonyl (C=O) groups excluding carboxylic acids is 1. The van der Waals surface area contributed by atoms with Gasteiger partial charge in [-0.25, -0.2) is 14.8 Å². The number of rotatable bonds is 13. The van der Waals surface area contributed by atoms with Gasteiger partial charge < -0.3 is 23.7 Å². The van der Waals surface area contributed by atoms with E-state index in [1.807, 2.05) is 13.8 Å². The second-order valence-corrected chi connectivity index (χ2v) is 12.4. The number of ether oxygens (including phenoxy) is 5. The third-order valence-corrected chi connectivity index (χ3v) is 8.26. The van der Waals surface area contributed by atoms with Crippen molar-refractivity contribution in [3.8, 4) is 52.1 Å². The summed E-state index contributed by atoms with van der Waals surface area (Å²) in [5.74, 6) is 6.39. The van der Waals surface area contributed by atoms with Crippen molar-refractivity contribution in [3.05, 3.63) is 97.0 Å². The van der Waals surface area contributed by atoms with Gasteiger partial charge in [-0.05, 0) is 66.1 Å². The van der Waals surface area contributed by atoms with E-state index in [2.05, 4.69) is 41.8 Å². The molecule has 0 radical (unpaired) electrons. The summed E-state index contributed by atoms with van der Waals surface area (Å²) in [6, 6.07) is 19.9. The van der Waals surface area contributed by atoms with Crippen LogP contribution >= 0.6 is 0 Å². The molecule has 0 aliphatic carbocycles. The smallest absolute Gasteiger partial charge is 0.412 e. The predicted molar refractivity (Wildman–Crippen MR) is 189 cm³/mol. The van der Waals surface area contributed by atoms with Gasteiger partial charge in [0.05, 0.1) is 14.2 Å². The molecule has 2 N–H and O–H groups in total. The molecule has 51 heavy (non-hydrogen) atoms. The molecular weight excluding hydrogens is 676 g/mol. The van der Waals surface area contributed by atoms with Gasteiger partial charge >= 0.3 is 6.09 Å². The maximum atomic E-state index is 13.7. The van der Waals surface area contributed by atoms with Crippen LogP contribution in [0.2, 0.25) is 0 Å². The normalized spacial score (nSPS) is 10.8. The number of para-hydroxylation sites is 2. The monoisotopic (exact) mass is 710 g/mol. The van der Waals surface area contributed by atoms with Crippen LogP contribution in [0.1, 0.15) is 25.3 Å². The Morgan fingerprint density at radius 1 is 0.863 bits per heavy atom. The van der Waals surface area contributed by atoms with E-state index >= 15 is 0 Å². The molecule has 0 aliphatic rings. The standard InChI is InChI=1S/C36H34N6O8S/c1-24(2)26-11-16-31(38-23-26)51(44,45)42-34-32(50-30-10-6-5-9-29(30)47-4)35(41-33(40-34)25-17-19-37-20-18-25)48-21-7-8-22-49-36(43)39-27-12-14-28(46-3)15-13-27/h5-6,9-20,23-24H,21-22H2,1-4H3,(H,39,43)(H,40,41,42). The van der Waals surface area contributed by atoms with E-state index < -0.39 is 16.1 Å². The van der Waals surface area contributed by atoms with Crippen molar-refractivity contribution in [1.82, 2.24) is 19.9 Å². The lowest BCUT2D eigenvalue weighted by Crippen LogP contribution is -2.17. The number of nitrogens with one attached hydrogen (secondary N) is 2. The highest BCUT2D eigenvalue weighted by atomic mass is 32.2. The molecule has 0 bridgehead atoms. The van der Waals surface area contributed by atoms with Gasteiger partial charge in [-0.1, -0.05) is 43.9 Å². The average molecular weight is 711 g/mol. The number of hydrogen-bond acceptors (Lipinski definition) is 12. The molecule has 3 heterocycles. The first kappa shape index (κ1) is 35.9. The van der Waals surface area contributed by atoms with Crippen LogP contribution < -0.4 is 29.0 Å². The molecule has 3 aromatic heterocycles. The molecule has 0 unspecified atom stereocenters. The molecule has 0 saturated carbocycles. The van der Waals surface area contributed by atoms with E-state index in [0.29, 0.717) is 22.7 Å². The highest BCUT2D eigenvalue weighted by molar-refractivity contribution is 7.92. The number of nitrogens with zero attached hydrogens (tertiary/aromatic N) is 4. The van der Waals surface area contributed by atoms with Gasteiger partial charge in [0.2, 0.25) is 5.75 Å². The Balaban J connectivity index is 1.43. The highest BCUT2D eigenvalue weighted by Crippen LogP contribution is 2.41. The Morgan fingerprint density at radius 2 is 1.59 bits per heavy atom. The third kappa shape index (κ3) is 9.61. The first-order valence-electron chi connectivity index (χ1n) is 15.4. The second kappa shape index (κ2) is 16.8. The van der Waals surface area contributed by atoms with Crippen molar-refractivity contribution in [2.75, 3.05) is 37.5 Å². The Bertz CT molecular complexity index is 2120. The Labute approximate surface area is 295 Å². The molecular formula is C36H34N6O8S. The van der Waals surface area contributed by atoms with E-state index in [1.165, 1.54) is 19.4 Å². The number of carbonyl (C=O) groups is 1. The summed E-state index contributed by atoms with van der Waals surface area (Å²) in [5.41, 5.74) is 1.90. The largest absolute Gasteiger partial charge is 0.497 e. The lowest BCUT2D eigenvalue weighted by Gasteiger charge is -2.18. The number of benzene rings is 2. The summed E-state index contributed by atoms with van der Waals surface area (Å²) in [6.07, 6.45) is 3.89. The van der Waals surface area contributed by atoms with Gasteiger partial charge in [0.1, 0.15) is 5.75 Å². The average Bonchev–Trinajstić information content (AvgIpc) is 3.14. The summed E-state index contributed by atoms with van der Waals surface area (Å²) in [6.45, 7) is 3.47. The Kier molecular flexibility index (Phi) is 11.8. The van der Waals surface area contributed by atoms with Crippen LogP contribution in [0.25, 0.3) is 11.4 Å². The van der Waals surface area contributed by atoms with Crippen LogP contribution in [0.4, 0.5) is 16.3 Å². The van der Waals surface area contributed by atoms with Crippen LogP contribution in [-0.2, 0) is 14.8 Å². The van der Waals surface area contributed by atoms with Crippen LogP contribution in [0.5, 0.6) is 28.9 Å². The van der Waals surface area contributed by atoms with Crippen LogP contribution in [0.3, 0.4) is 0 Å². The lowest BCUT2D eigenvalue weighted by molar-refractivity contribution is 0.176. The molecule has 2 aromatic carbocycles. The summed E-state index contributed by atoms with van der Waals surface area (Å²) >= 11 is 0. The number of pyridine rings is 2. The van der Waals surface area contributed by atoms with Crippen molar-refractivity contribution in [2.24, 2.45) is 0 Å². The van der Waals surface area contributed by atoms with Crippen molar-refractivity contribution >= 4 is 27.6 Å². The van der Waals surface area contributed by atoms with Crippen LogP contribution in [0.15, 0.2) is 96.4 Å². The predicted octanol–water partition coefficient (Wildman–Crippen LogP) is 6.30. The van der Waals surface area contributed by atoms with E-state index in [4.69, 9.17) is 23.7 Å². The maximum Gasteiger partial charge on any atom is 0.412 e. The zero-order valence-corrected chi connectivity index (χ0v) is 28.9. The zero-order chi connectivity index (χ0) is 36.2. The summed E-state index contributed by atoms with van der Waals surface area (Å²) < 4.78 is 57.7. The van der Waals surface area contributed by atoms with E-state index in [1.54, 1.807) is 86.2 Å². The number of methoxy groups -OCH3 is 2. The molecule has 0 atom stereocenters. The number of sulfonamides is 1. The van der Waals surface area contributed by atoms with Crippen molar-refractivity contribution < 1.29 is 36.9 Å². The molecule has 0 spiro atoms. The number of hydrogen-bond donors (Lipinski definition) is 2. The number of anilines is 2. The van der Waals surface area contributed by atoms with Gasteiger partial charge in [-0.2, -0.15) is 13.4 Å². The van der Waals surface area contributed by atoms with Crippen LogP contribution in [0, 0.1) is 11.8 Å². The summed E-state index contributed by atoms with van der Waals surface area (Å²) in [7, 11) is -1.28. The van der Waals surface area contributed by atoms with Gasteiger partial charge in [-0.3, -0.25) is 15.0 Å². The molecule has 14 nitrogen and oxygen atoms in total. The second-order valence-electron chi connectivity index (χ2n) is 10.8. The van der Waals surface area contributed by atoms with Gasteiger partial charge in [0.25, 0.3) is 15.9 Å². The lowest BCUT2D eigenvalue weighted by atomic mass is 10.1. The fourth-order valence-corrected chi connectivity index (χ4v) is 5.28. The Hall–Kier alpha value is -6.40. The summed E-state index contributed by atoms with van der Waals surface area (Å²) in [5, 5.41) is 2.36. The fraction of sp³-hybridized carbons (Fsp3) is 0.194. The molecule has 5 rings (SSSR count). The third-order valence-electron chi connectivity index (χ3n) is 7.00. The van der Waals surface area contributed by atoms with Crippen molar-refractivity contribution in [2.45, 2.75) is 24.8 Å². The maximum absolute atomic E-state index is 13.7. The van der Waals surface area contributed by atoms with Crippen molar-refractivity contribution in [1.29, 1.82) is 0 Å². The molecule has 15 heteroatoms. The van der Waals surface area contributed by atoms with Crippen LogP contribution in [-0.4, -0.2) is 61.9 Å². The quantitative estimate of drug-likeness (QED) is 0.131. The van der Waals surface area contributed by atoms with Gasteiger partial charge in [-0.15, -0.1) is 0 Å². The molecule has 262 valence electrons. The molecule has 0 saturated heterocycles. The van der Waals surface area contributed by atoms with E-state index in [9.17, 15) is 13.2 Å². The van der Waals surface area contributed by atoms with Gasteiger partial charge in [0, 0.05) is 29.8 Å². The van der Waals surface area contributed by atoms with Crippen molar-refractivity contribution in [3.63, 3.8) is 0 Å². The first-order chi connectivity index (χ1) is 24.7. The zero-order valence-electron chi connectivity index (χ0n) is 28.1. The minimum absolute atomic E-state index is 0.104. The first-order valence-corrected chi connectivity index (χ1v) is 16.9. The molecule has 0 aliphatic heterocycles. The van der Waals surface area contributed by atoms with Gasteiger partial charge in [0.15, 0.2) is 41.4 Å². The molecule has 0 fully saturated rings. The fourth-order valence-electron chi connectivity index (χ4n) is 4.34. The Morgan fingerprint density at radius 3 is 2.25 bits per heavy atom. The highest BCUT2D eigenvalue weighted by Gasteiger charge is 2.26. The molecule has 1 amide bonds. The van der Waals surface area contributed by atoms with E-state index in [0.717, 1.165) is 5.56 Å². The molecule has 5 aromatic rings. The van der Waals surface area contributed by atoms with E-state index in [-0.39, 0.29) is 53.2 Å². The summed E-state index contributed by atoms with van der Waals surface area (Å²) in [4.78, 5) is 29.5. The minimum atomic E-state index is -4.29. The topological polar surface area (TPSA) is 173 Å². The minimum Gasteiger partial charge on any atom is -0.497 e. The number of amides is 1. The number of aromatic nitrogens is 4.